The fraction of sp³-hybridized carbons (Fsp3) is 0.296. The number of carbonyl (C=O) groups excluding carboxylic acids is 1. The molecule has 0 radical (unpaired) electrons. The van der Waals surface area contributed by atoms with E-state index >= 15 is 0 Å². The molecule has 2 unspecified atom stereocenters. The van der Waals surface area contributed by atoms with Gasteiger partial charge in [0.05, 0.1) is 0 Å². The van der Waals surface area contributed by atoms with Gasteiger partial charge in [-0.3, -0.25) is 0 Å². The van der Waals surface area contributed by atoms with E-state index in [0.717, 1.165) is 47.3 Å². The zero-order valence-electron chi connectivity index (χ0n) is 18.3. The van der Waals surface area contributed by atoms with Crippen molar-refractivity contribution in [3.05, 3.63) is 94.5 Å². The van der Waals surface area contributed by atoms with Gasteiger partial charge in [-0.2, -0.15) is 0 Å². The number of hydrogen-bond donors (Lipinski definition) is 4. The van der Waals surface area contributed by atoms with Crippen molar-refractivity contribution in [3.63, 3.8) is 0 Å². The van der Waals surface area contributed by atoms with Crippen LogP contribution in [0.15, 0.2) is 66.7 Å². The summed E-state index contributed by atoms with van der Waals surface area (Å²) < 4.78 is 5.52. The van der Waals surface area contributed by atoms with Crippen LogP contribution in [0.5, 0.6) is 0 Å². The highest BCUT2D eigenvalue weighted by atomic mass is 16.5. The van der Waals surface area contributed by atoms with Gasteiger partial charge in [-0.1, -0.05) is 66.7 Å². The van der Waals surface area contributed by atoms with E-state index in [1.165, 1.54) is 11.1 Å². The lowest BCUT2D eigenvalue weighted by atomic mass is 9.91. The smallest absolute Gasteiger partial charge is 0.407 e. The third-order valence-corrected chi connectivity index (χ3v) is 6.66. The summed E-state index contributed by atoms with van der Waals surface area (Å²) in [5, 5.41) is 27.2. The van der Waals surface area contributed by atoms with Gasteiger partial charge in [0.25, 0.3) is 0 Å². The first-order chi connectivity index (χ1) is 16.1. The van der Waals surface area contributed by atoms with Gasteiger partial charge in [-0.05, 0) is 51.9 Å². The van der Waals surface area contributed by atoms with Gasteiger partial charge >= 0.3 is 6.09 Å². The van der Waals surface area contributed by atoms with Crippen LogP contribution in [0.2, 0.25) is 0 Å². The number of rotatable bonds is 6. The number of alkyl carbamates (subject to hydrolysis) is 1. The summed E-state index contributed by atoms with van der Waals surface area (Å²) in [6, 6.07) is 22.1. The molecule has 3 aromatic rings. The molecule has 0 aromatic heterocycles. The van der Waals surface area contributed by atoms with Crippen LogP contribution in [0, 0.1) is 0 Å². The van der Waals surface area contributed by atoms with Crippen LogP contribution in [-0.4, -0.2) is 42.1 Å². The van der Waals surface area contributed by atoms with Crippen molar-refractivity contribution in [2.75, 3.05) is 19.7 Å². The summed E-state index contributed by atoms with van der Waals surface area (Å²) in [6.07, 6.45) is -2.02. The highest BCUT2D eigenvalue weighted by Gasteiger charge is 2.29. The zero-order chi connectivity index (χ0) is 22.8. The molecular weight excluding hydrogens is 416 g/mol. The second kappa shape index (κ2) is 9.35. The fourth-order valence-electron chi connectivity index (χ4n) is 4.99. The van der Waals surface area contributed by atoms with Crippen molar-refractivity contribution < 1.29 is 19.7 Å². The molecule has 6 heteroatoms. The van der Waals surface area contributed by atoms with E-state index in [2.05, 4.69) is 34.9 Å². The van der Waals surface area contributed by atoms with Crippen molar-refractivity contribution in [3.8, 4) is 11.1 Å². The van der Waals surface area contributed by atoms with Gasteiger partial charge in [0, 0.05) is 19.0 Å². The maximum Gasteiger partial charge on any atom is 0.407 e. The number of ether oxygens (including phenoxy) is 1. The Hall–Kier alpha value is -3.19. The lowest BCUT2D eigenvalue weighted by Gasteiger charge is -2.25. The first-order valence-electron chi connectivity index (χ1n) is 11.4. The third-order valence-electron chi connectivity index (χ3n) is 6.66. The number of carbonyl (C=O) groups is 1. The number of aliphatic hydroxyl groups excluding tert-OH is 2. The van der Waals surface area contributed by atoms with Crippen LogP contribution in [0.3, 0.4) is 0 Å². The van der Waals surface area contributed by atoms with E-state index in [1.54, 1.807) is 0 Å². The van der Waals surface area contributed by atoms with Gasteiger partial charge in [-0.15, -0.1) is 0 Å². The largest absolute Gasteiger partial charge is 0.449 e. The van der Waals surface area contributed by atoms with E-state index in [1.807, 2.05) is 42.5 Å². The Morgan fingerprint density at radius 2 is 1.70 bits per heavy atom. The van der Waals surface area contributed by atoms with Crippen LogP contribution in [-0.2, 0) is 17.7 Å². The Morgan fingerprint density at radius 1 is 1.00 bits per heavy atom. The number of hydrogen-bond acceptors (Lipinski definition) is 5. The van der Waals surface area contributed by atoms with Crippen LogP contribution < -0.4 is 10.6 Å². The molecule has 0 saturated heterocycles. The number of amides is 1. The van der Waals surface area contributed by atoms with Crippen molar-refractivity contribution in [1.29, 1.82) is 0 Å². The summed E-state index contributed by atoms with van der Waals surface area (Å²) in [4.78, 5) is 12.4. The topological polar surface area (TPSA) is 90.8 Å². The minimum Gasteiger partial charge on any atom is -0.449 e. The van der Waals surface area contributed by atoms with Crippen LogP contribution in [0.1, 0.15) is 39.8 Å². The molecule has 0 saturated carbocycles. The minimum absolute atomic E-state index is 0.0249. The number of nitrogens with one attached hydrogen (secondary N) is 2. The molecule has 5 rings (SSSR count). The van der Waals surface area contributed by atoms with E-state index in [-0.39, 0.29) is 19.1 Å². The van der Waals surface area contributed by atoms with Crippen molar-refractivity contribution in [1.82, 2.24) is 10.6 Å². The molecule has 0 bridgehead atoms. The van der Waals surface area contributed by atoms with Crippen molar-refractivity contribution >= 4 is 6.09 Å². The van der Waals surface area contributed by atoms with E-state index < -0.39 is 18.3 Å². The average molecular weight is 445 g/mol. The molecule has 1 aliphatic carbocycles. The van der Waals surface area contributed by atoms with Crippen molar-refractivity contribution in [2.24, 2.45) is 0 Å². The van der Waals surface area contributed by atoms with E-state index in [9.17, 15) is 15.0 Å². The first kappa shape index (κ1) is 21.6. The van der Waals surface area contributed by atoms with Gasteiger partial charge in [0.15, 0.2) is 0 Å². The summed E-state index contributed by atoms with van der Waals surface area (Å²) >= 11 is 0. The molecule has 170 valence electrons. The lowest BCUT2D eigenvalue weighted by molar-refractivity contribution is 0.0179. The molecule has 6 nitrogen and oxygen atoms in total. The molecule has 1 amide bonds. The third kappa shape index (κ3) is 4.25. The SMILES string of the molecule is O=C(NCC(O)C(O)c1cccc2c1CCNC2)OCC1c2ccccc2-c2ccccc21. The maximum absolute atomic E-state index is 12.4. The number of fused-ring (bicyclic) bond motifs is 4. The predicted molar refractivity (Wildman–Crippen MR) is 126 cm³/mol. The highest BCUT2D eigenvalue weighted by molar-refractivity contribution is 5.79. The van der Waals surface area contributed by atoms with Crippen LogP contribution in [0.4, 0.5) is 4.79 Å². The molecule has 4 N–H and O–H groups in total. The molecule has 3 aromatic carbocycles. The van der Waals surface area contributed by atoms with Crippen molar-refractivity contribution in [2.45, 2.75) is 31.1 Å². The van der Waals surface area contributed by atoms with Gasteiger partial charge < -0.3 is 25.6 Å². The normalized spacial score (nSPS) is 16.3. The van der Waals surface area contributed by atoms with Gasteiger partial charge in [0.2, 0.25) is 0 Å². The Kier molecular flexibility index (Phi) is 6.13. The molecular formula is C27H28N2O4. The monoisotopic (exact) mass is 444 g/mol. The summed E-state index contributed by atoms with van der Waals surface area (Å²) in [5.41, 5.74) is 7.55. The minimum atomic E-state index is -1.13. The Morgan fingerprint density at radius 3 is 2.42 bits per heavy atom. The van der Waals surface area contributed by atoms with Crippen LogP contribution >= 0.6 is 0 Å². The average Bonchev–Trinajstić information content (AvgIpc) is 3.19. The molecule has 0 spiro atoms. The Bertz CT molecular complexity index is 1120. The lowest BCUT2D eigenvalue weighted by Crippen LogP contribution is -2.37. The summed E-state index contributed by atoms with van der Waals surface area (Å²) in [7, 11) is 0. The zero-order valence-corrected chi connectivity index (χ0v) is 18.3. The summed E-state index contributed by atoms with van der Waals surface area (Å²) in [6.45, 7) is 1.70. The molecule has 2 atom stereocenters. The standard InChI is InChI=1S/C27H28N2O4/c30-25(26(31)23-11-5-6-17-14-28-13-12-18(17)23)15-29-27(32)33-16-24-21-9-3-1-7-19(21)20-8-2-4-10-22(20)24/h1-11,24-26,28,30-31H,12-16H2,(H,29,32). The highest BCUT2D eigenvalue weighted by Crippen LogP contribution is 2.44. The van der Waals surface area contributed by atoms with Gasteiger partial charge in [0.1, 0.15) is 18.8 Å². The van der Waals surface area contributed by atoms with Gasteiger partial charge in [-0.25, -0.2) is 4.79 Å². The maximum atomic E-state index is 12.4. The second-order valence-electron chi connectivity index (χ2n) is 8.63. The molecule has 33 heavy (non-hydrogen) atoms. The number of aliphatic hydroxyl groups is 2. The quantitative estimate of drug-likeness (QED) is 0.469. The Balaban J connectivity index is 1.19. The Labute approximate surface area is 193 Å². The molecule has 2 aliphatic rings. The van der Waals surface area contributed by atoms with Crippen LogP contribution in [0.25, 0.3) is 11.1 Å². The molecule has 1 aliphatic heterocycles. The second-order valence-corrected chi connectivity index (χ2v) is 8.63. The van der Waals surface area contributed by atoms with E-state index in [0.29, 0.717) is 0 Å². The number of benzene rings is 3. The predicted octanol–water partition coefficient (Wildman–Crippen LogP) is 3.27. The molecule has 0 fully saturated rings. The summed E-state index contributed by atoms with van der Waals surface area (Å²) in [5.74, 6) is -0.0249. The van der Waals surface area contributed by atoms with E-state index in [4.69, 9.17) is 4.74 Å². The molecule has 1 heterocycles. The first-order valence-corrected chi connectivity index (χ1v) is 11.4. The fourth-order valence-corrected chi connectivity index (χ4v) is 4.99.